The molecule has 0 amide bonds. The van der Waals surface area contributed by atoms with E-state index in [-0.39, 0.29) is 5.75 Å². The number of halogens is 1. The van der Waals surface area contributed by atoms with Crippen molar-refractivity contribution in [3.63, 3.8) is 0 Å². The molecule has 72 valence electrons. The summed E-state index contributed by atoms with van der Waals surface area (Å²) in [6.07, 6.45) is -0.594. The van der Waals surface area contributed by atoms with Crippen molar-refractivity contribution in [2.24, 2.45) is 0 Å². The number of hydrogen-bond acceptors (Lipinski definition) is 3. The Morgan fingerprint density at radius 1 is 1.46 bits per heavy atom. The van der Waals surface area contributed by atoms with Crippen LogP contribution in [-0.4, -0.2) is 17.3 Å². The van der Waals surface area contributed by atoms with Gasteiger partial charge in [-0.3, -0.25) is 0 Å². The molecule has 0 fully saturated rings. The summed E-state index contributed by atoms with van der Waals surface area (Å²) in [7, 11) is 1.47. The van der Waals surface area contributed by atoms with Gasteiger partial charge in [-0.1, -0.05) is 15.9 Å². The van der Waals surface area contributed by atoms with Crippen LogP contribution in [0.5, 0.6) is 11.5 Å². The summed E-state index contributed by atoms with van der Waals surface area (Å²) in [6.45, 7) is 1.65. The lowest BCUT2D eigenvalue weighted by Crippen LogP contribution is -1.94. The van der Waals surface area contributed by atoms with Gasteiger partial charge in [-0.15, -0.1) is 0 Å². The lowest BCUT2D eigenvalue weighted by Gasteiger charge is -2.10. The van der Waals surface area contributed by atoms with Crippen LogP contribution in [0.2, 0.25) is 0 Å². The number of phenolic OH excluding ortho intramolecular Hbond substituents is 1. The van der Waals surface area contributed by atoms with Crippen LogP contribution in [0.25, 0.3) is 0 Å². The molecule has 0 aliphatic carbocycles. The van der Waals surface area contributed by atoms with Gasteiger partial charge in [-0.05, 0) is 24.6 Å². The van der Waals surface area contributed by atoms with Crippen LogP contribution in [-0.2, 0) is 0 Å². The molecular weight excluding hydrogens is 236 g/mol. The van der Waals surface area contributed by atoms with Crippen LogP contribution in [0.4, 0.5) is 0 Å². The zero-order valence-electron chi connectivity index (χ0n) is 7.41. The minimum atomic E-state index is -0.594. The van der Waals surface area contributed by atoms with Gasteiger partial charge in [0.15, 0.2) is 11.5 Å². The number of phenols is 1. The third kappa shape index (κ3) is 2.14. The van der Waals surface area contributed by atoms with Gasteiger partial charge in [-0.25, -0.2) is 0 Å². The maximum absolute atomic E-state index is 9.36. The smallest absolute Gasteiger partial charge is 0.160 e. The van der Waals surface area contributed by atoms with Gasteiger partial charge in [-0.2, -0.15) is 0 Å². The largest absolute Gasteiger partial charge is 0.504 e. The highest BCUT2D eigenvalue weighted by atomic mass is 79.9. The molecule has 1 aromatic rings. The highest BCUT2D eigenvalue weighted by molar-refractivity contribution is 9.10. The van der Waals surface area contributed by atoms with Crippen molar-refractivity contribution >= 4 is 15.9 Å². The van der Waals surface area contributed by atoms with Gasteiger partial charge in [0, 0.05) is 4.47 Å². The van der Waals surface area contributed by atoms with Gasteiger partial charge in [0.05, 0.1) is 13.2 Å². The Bertz CT molecular complexity index is 310. The second-order valence-corrected chi connectivity index (χ2v) is 3.58. The standard InChI is InChI=1S/C9H11BrO3/c1-5(11)6-3-9(13-2)8(12)4-7(6)10/h3-5,11-12H,1-2H3/t5-/m1/s1. The Balaban J connectivity index is 3.22. The van der Waals surface area contributed by atoms with Crippen molar-refractivity contribution in [2.75, 3.05) is 7.11 Å². The Kier molecular flexibility index (Phi) is 3.17. The first-order valence-electron chi connectivity index (χ1n) is 3.80. The quantitative estimate of drug-likeness (QED) is 0.842. The third-order valence-electron chi connectivity index (χ3n) is 1.75. The summed E-state index contributed by atoms with van der Waals surface area (Å²) in [5.74, 6) is 0.415. The van der Waals surface area contributed by atoms with E-state index in [1.165, 1.54) is 13.2 Å². The minimum Gasteiger partial charge on any atom is -0.504 e. The first-order valence-corrected chi connectivity index (χ1v) is 4.60. The molecule has 0 saturated heterocycles. The molecule has 0 bridgehead atoms. The second-order valence-electron chi connectivity index (χ2n) is 2.72. The van der Waals surface area contributed by atoms with E-state index in [0.717, 1.165) is 0 Å². The van der Waals surface area contributed by atoms with E-state index in [2.05, 4.69) is 15.9 Å². The summed E-state index contributed by atoms with van der Waals surface area (Å²) < 4.78 is 5.58. The van der Waals surface area contributed by atoms with Crippen molar-refractivity contribution < 1.29 is 14.9 Å². The first kappa shape index (κ1) is 10.3. The van der Waals surface area contributed by atoms with E-state index >= 15 is 0 Å². The zero-order chi connectivity index (χ0) is 10.0. The van der Waals surface area contributed by atoms with E-state index in [0.29, 0.717) is 15.8 Å². The number of aliphatic hydroxyl groups is 1. The molecule has 0 aliphatic heterocycles. The number of methoxy groups -OCH3 is 1. The van der Waals surface area contributed by atoms with Crippen LogP contribution in [0, 0.1) is 0 Å². The summed E-state index contributed by atoms with van der Waals surface area (Å²) in [5, 5.41) is 18.7. The first-order chi connectivity index (χ1) is 6.06. The lowest BCUT2D eigenvalue weighted by molar-refractivity contribution is 0.198. The van der Waals surface area contributed by atoms with Crippen molar-refractivity contribution in [3.05, 3.63) is 22.2 Å². The summed E-state index contributed by atoms with van der Waals surface area (Å²) in [4.78, 5) is 0. The highest BCUT2D eigenvalue weighted by Crippen LogP contribution is 2.34. The molecule has 0 aliphatic rings. The van der Waals surface area contributed by atoms with Crippen LogP contribution < -0.4 is 4.74 Å². The van der Waals surface area contributed by atoms with Crippen molar-refractivity contribution in [2.45, 2.75) is 13.0 Å². The number of ether oxygens (including phenoxy) is 1. The summed E-state index contributed by atoms with van der Waals surface area (Å²) >= 11 is 3.24. The van der Waals surface area contributed by atoms with Gasteiger partial charge in [0.1, 0.15) is 0 Å². The van der Waals surface area contributed by atoms with Crippen LogP contribution in [0.15, 0.2) is 16.6 Å². The molecule has 2 N–H and O–H groups in total. The van der Waals surface area contributed by atoms with Gasteiger partial charge in [0.2, 0.25) is 0 Å². The topological polar surface area (TPSA) is 49.7 Å². The Morgan fingerprint density at radius 3 is 2.54 bits per heavy atom. The second kappa shape index (κ2) is 3.98. The van der Waals surface area contributed by atoms with E-state index in [1.807, 2.05) is 0 Å². The van der Waals surface area contributed by atoms with Gasteiger partial charge in [0.25, 0.3) is 0 Å². The van der Waals surface area contributed by atoms with E-state index in [4.69, 9.17) is 4.74 Å². The Labute approximate surface area is 85.1 Å². The fraction of sp³-hybridized carbons (Fsp3) is 0.333. The summed E-state index contributed by atoms with van der Waals surface area (Å²) in [6, 6.07) is 3.10. The lowest BCUT2D eigenvalue weighted by atomic mass is 10.1. The molecule has 0 aromatic heterocycles. The number of hydrogen-bond donors (Lipinski definition) is 2. The predicted molar refractivity (Wildman–Crippen MR) is 53.0 cm³/mol. The van der Waals surface area contributed by atoms with E-state index in [9.17, 15) is 10.2 Å². The molecule has 0 radical (unpaired) electrons. The minimum absolute atomic E-state index is 0.0544. The SMILES string of the molecule is COc1cc([C@@H](C)O)c(Br)cc1O. The Morgan fingerprint density at radius 2 is 2.08 bits per heavy atom. The zero-order valence-corrected chi connectivity index (χ0v) is 9.00. The molecule has 13 heavy (non-hydrogen) atoms. The fourth-order valence-electron chi connectivity index (χ4n) is 1.04. The molecule has 1 rings (SSSR count). The number of benzene rings is 1. The molecular formula is C9H11BrO3. The normalized spacial score (nSPS) is 12.6. The number of aliphatic hydroxyl groups excluding tert-OH is 1. The van der Waals surface area contributed by atoms with E-state index < -0.39 is 6.10 Å². The van der Waals surface area contributed by atoms with Crippen molar-refractivity contribution in [1.29, 1.82) is 0 Å². The van der Waals surface area contributed by atoms with Gasteiger partial charge < -0.3 is 14.9 Å². The average Bonchev–Trinajstić information content (AvgIpc) is 2.03. The predicted octanol–water partition coefficient (Wildman–Crippen LogP) is 2.22. The molecule has 0 saturated carbocycles. The maximum atomic E-state index is 9.36. The molecule has 3 nitrogen and oxygen atoms in total. The average molecular weight is 247 g/mol. The summed E-state index contributed by atoms with van der Waals surface area (Å²) in [5.41, 5.74) is 0.689. The molecule has 1 atom stereocenters. The molecule has 4 heteroatoms. The monoisotopic (exact) mass is 246 g/mol. The Hall–Kier alpha value is -0.740. The number of aromatic hydroxyl groups is 1. The number of rotatable bonds is 2. The third-order valence-corrected chi connectivity index (χ3v) is 2.44. The van der Waals surface area contributed by atoms with Crippen LogP contribution in [0.1, 0.15) is 18.6 Å². The maximum Gasteiger partial charge on any atom is 0.160 e. The van der Waals surface area contributed by atoms with Crippen molar-refractivity contribution in [1.82, 2.24) is 0 Å². The van der Waals surface area contributed by atoms with Crippen molar-refractivity contribution in [3.8, 4) is 11.5 Å². The molecule has 0 heterocycles. The van der Waals surface area contributed by atoms with E-state index in [1.54, 1.807) is 13.0 Å². The molecule has 1 aromatic carbocycles. The van der Waals surface area contributed by atoms with Crippen LogP contribution >= 0.6 is 15.9 Å². The fourth-order valence-corrected chi connectivity index (χ4v) is 1.70. The van der Waals surface area contributed by atoms with Crippen LogP contribution in [0.3, 0.4) is 0 Å². The molecule has 0 unspecified atom stereocenters. The molecule has 0 spiro atoms. The highest BCUT2D eigenvalue weighted by Gasteiger charge is 2.11. The van der Waals surface area contributed by atoms with Gasteiger partial charge >= 0.3 is 0 Å².